The lowest BCUT2D eigenvalue weighted by atomic mass is 10.1. The van der Waals surface area contributed by atoms with Crippen LogP contribution in [0.3, 0.4) is 0 Å². The molecule has 0 bridgehead atoms. The predicted molar refractivity (Wildman–Crippen MR) is 128 cm³/mol. The highest BCUT2D eigenvalue weighted by Gasteiger charge is 2.24. The van der Waals surface area contributed by atoms with Crippen LogP contribution >= 0.6 is 22.9 Å². The van der Waals surface area contributed by atoms with Crippen molar-refractivity contribution in [2.24, 2.45) is 0 Å². The molecule has 1 atom stereocenters. The van der Waals surface area contributed by atoms with Crippen molar-refractivity contribution >= 4 is 50.1 Å². The minimum absolute atomic E-state index is 0.162. The molecule has 8 nitrogen and oxygen atoms in total. The number of halogens is 1. The molecule has 10 heteroatoms. The van der Waals surface area contributed by atoms with Crippen LogP contribution in [0.15, 0.2) is 24.4 Å². The minimum Gasteiger partial charge on any atom is -0.394 e. The van der Waals surface area contributed by atoms with Crippen LogP contribution in [0.1, 0.15) is 16.7 Å². The Bertz CT molecular complexity index is 1090. The van der Waals surface area contributed by atoms with E-state index in [1.54, 1.807) is 17.2 Å². The van der Waals surface area contributed by atoms with Gasteiger partial charge in [0.25, 0.3) is 0 Å². The summed E-state index contributed by atoms with van der Waals surface area (Å²) in [6.45, 7) is 6.11. The molecule has 0 aliphatic carbocycles. The van der Waals surface area contributed by atoms with Crippen molar-refractivity contribution in [3.63, 3.8) is 0 Å². The van der Waals surface area contributed by atoms with E-state index in [4.69, 9.17) is 16.7 Å². The zero-order chi connectivity index (χ0) is 22.8. The Morgan fingerprint density at radius 3 is 2.62 bits per heavy atom. The lowest BCUT2D eigenvalue weighted by molar-refractivity contribution is 0.0954. The van der Waals surface area contributed by atoms with Crippen molar-refractivity contribution in [1.29, 1.82) is 0 Å². The summed E-state index contributed by atoms with van der Waals surface area (Å²) in [6.07, 6.45) is 1.13. The van der Waals surface area contributed by atoms with Gasteiger partial charge in [-0.25, -0.2) is 14.8 Å². The van der Waals surface area contributed by atoms with E-state index in [9.17, 15) is 9.90 Å². The number of aryl methyl sites for hydroxylation is 2. The molecule has 1 aliphatic heterocycles. The Morgan fingerprint density at radius 2 is 1.94 bits per heavy atom. The number of piperazine rings is 1. The van der Waals surface area contributed by atoms with Crippen LogP contribution in [0.2, 0.25) is 5.02 Å². The lowest BCUT2D eigenvalue weighted by Crippen LogP contribution is -2.50. The van der Waals surface area contributed by atoms with E-state index in [2.05, 4.69) is 35.2 Å². The predicted octanol–water partition coefficient (Wildman–Crippen LogP) is 3.21. The normalized spacial score (nSPS) is 15.3. The van der Waals surface area contributed by atoms with E-state index in [0.29, 0.717) is 48.6 Å². The van der Waals surface area contributed by atoms with Crippen LogP contribution < -0.4 is 10.2 Å². The number of aliphatic hydroxyl groups is 2. The molecule has 3 heterocycles. The molecule has 1 aliphatic rings. The first-order valence-electron chi connectivity index (χ1n) is 10.5. The van der Waals surface area contributed by atoms with E-state index >= 15 is 0 Å². The zero-order valence-corrected chi connectivity index (χ0v) is 19.6. The van der Waals surface area contributed by atoms with E-state index in [1.807, 2.05) is 11.0 Å². The smallest absolute Gasteiger partial charge is 0.323 e. The number of hydrogen-bond donors (Lipinski definition) is 3. The largest absolute Gasteiger partial charge is 0.394 e. The summed E-state index contributed by atoms with van der Waals surface area (Å²) in [6, 6.07) is 5.74. The van der Waals surface area contributed by atoms with Crippen LogP contribution in [0.5, 0.6) is 0 Å². The Morgan fingerprint density at radius 1 is 1.22 bits per heavy atom. The molecular weight excluding hydrogens is 450 g/mol. The minimum atomic E-state index is -0.829. The first-order chi connectivity index (χ1) is 15.3. The number of carbonyl (C=O) groups excluding carboxylic acids is 1. The van der Waals surface area contributed by atoms with Gasteiger partial charge in [0, 0.05) is 38.8 Å². The van der Waals surface area contributed by atoms with Gasteiger partial charge in [0.1, 0.15) is 5.82 Å². The Hall–Kier alpha value is -2.46. The number of hydrogen-bond acceptors (Lipinski definition) is 7. The van der Waals surface area contributed by atoms with Crippen molar-refractivity contribution in [2.75, 3.05) is 43.0 Å². The number of nitrogens with zero attached hydrogens (tertiary/aromatic N) is 4. The van der Waals surface area contributed by atoms with Crippen molar-refractivity contribution in [3.8, 4) is 0 Å². The number of nitrogens with one attached hydrogen (secondary N) is 1. The monoisotopic (exact) mass is 475 g/mol. The number of anilines is 2. The van der Waals surface area contributed by atoms with Gasteiger partial charge in [0.05, 0.1) is 28.0 Å². The van der Waals surface area contributed by atoms with Gasteiger partial charge in [-0.05, 0) is 48.7 Å². The number of aromatic nitrogens is 2. The number of amides is 2. The molecule has 1 aromatic carbocycles. The second-order valence-electron chi connectivity index (χ2n) is 8.02. The van der Waals surface area contributed by atoms with Gasteiger partial charge in [0.2, 0.25) is 0 Å². The SMILES string of the molecule is Cc1cc2nc(NC(=O)N3CCN(c4ncc(C[C@@H](O)CO)cc4Cl)CC3)sc2cc1C. The molecule has 3 N–H and O–H groups in total. The van der Waals surface area contributed by atoms with E-state index in [1.165, 1.54) is 22.5 Å². The summed E-state index contributed by atoms with van der Waals surface area (Å²) in [5, 5.41) is 22.6. The average Bonchev–Trinajstić information content (AvgIpc) is 3.15. The maximum Gasteiger partial charge on any atom is 0.323 e. The molecule has 0 radical (unpaired) electrons. The Labute approximate surface area is 195 Å². The highest BCUT2D eigenvalue weighted by Crippen LogP contribution is 2.29. The van der Waals surface area contributed by atoms with Gasteiger partial charge in [-0.15, -0.1) is 0 Å². The maximum atomic E-state index is 12.7. The number of fused-ring (bicyclic) bond motifs is 1. The Balaban J connectivity index is 1.36. The molecule has 32 heavy (non-hydrogen) atoms. The van der Waals surface area contributed by atoms with Crippen LogP contribution in [-0.2, 0) is 6.42 Å². The number of benzene rings is 1. The molecule has 170 valence electrons. The van der Waals surface area contributed by atoms with Crippen LogP contribution in [0.25, 0.3) is 10.2 Å². The summed E-state index contributed by atoms with van der Waals surface area (Å²) in [4.78, 5) is 25.5. The van der Waals surface area contributed by atoms with Crippen LogP contribution in [-0.4, -0.2) is 70.0 Å². The second-order valence-corrected chi connectivity index (χ2v) is 9.45. The zero-order valence-electron chi connectivity index (χ0n) is 18.0. The molecule has 1 fully saturated rings. The number of pyridine rings is 1. The van der Waals surface area contributed by atoms with Gasteiger partial charge in [-0.3, -0.25) is 5.32 Å². The van der Waals surface area contributed by atoms with Crippen molar-refractivity contribution in [2.45, 2.75) is 26.4 Å². The average molecular weight is 476 g/mol. The highest BCUT2D eigenvalue weighted by atomic mass is 35.5. The topological polar surface area (TPSA) is 102 Å². The number of aliphatic hydroxyl groups excluding tert-OH is 2. The molecule has 0 spiro atoms. The third kappa shape index (κ3) is 4.96. The van der Waals surface area contributed by atoms with Crippen LogP contribution in [0.4, 0.5) is 15.7 Å². The number of thiazole rings is 1. The standard InChI is InChI=1S/C22H26ClN5O3S/c1-13-7-18-19(8-14(13)2)32-21(25-18)26-22(31)28-5-3-27(4-6-28)20-17(23)10-15(11-24-20)9-16(30)12-29/h7-8,10-11,16,29-30H,3-6,9,12H2,1-2H3,(H,25,26,31)/t16-/m1/s1. The number of rotatable bonds is 5. The summed E-state index contributed by atoms with van der Waals surface area (Å²) in [5.41, 5.74) is 4.05. The summed E-state index contributed by atoms with van der Waals surface area (Å²) < 4.78 is 1.06. The molecule has 0 saturated carbocycles. The van der Waals surface area contributed by atoms with Gasteiger partial charge in [-0.2, -0.15) is 0 Å². The molecule has 3 aromatic rings. The molecule has 2 amide bonds. The molecular formula is C22H26ClN5O3S. The van der Waals surface area contributed by atoms with Gasteiger partial charge in [0.15, 0.2) is 5.13 Å². The Kier molecular flexibility index (Phi) is 6.80. The van der Waals surface area contributed by atoms with Gasteiger partial charge >= 0.3 is 6.03 Å². The van der Waals surface area contributed by atoms with E-state index in [0.717, 1.165) is 15.8 Å². The van der Waals surface area contributed by atoms with Crippen molar-refractivity contribution in [3.05, 3.63) is 46.1 Å². The quantitative estimate of drug-likeness (QED) is 0.523. The van der Waals surface area contributed by atoms with Crippen molar-refractivity contribution in [1.82, 2.24) is 14.9 Å². The first kappa shape index (κ1) is 22.7. The third-order valence-corrected chi connectivity index (χ3v) is 6.86. The summed E-state index contributed by atoms with van der Waals surface area (Å²) in [7, 11) is 0. The lowest BCUT2D eigenvalue weighted by Gasteiger charge is -2.35. The molecule has 1 saturated heterocycles. The fourth-order valence-corrected chi connectivity index (χ4v) is 4.92. The van der Waals surface area contributed by atoms with Gasteiger partial charge < -0.3 is 20.0 Å². The summed E-state index contributed by atoms with van der Waals surface area (Å²) >= 11 is 7.89. The highest BCUT2D eigenvalue weighted by molar-refractivity contribution is 7.22. The van der Waals surface area contributed by atoms with E-state index in [-0.39, 0.29) is 12.6 Å². The van der Waals surface area contributed by atoms with Crippen molar-refractivity contribution < 1.29 is 15.0 Å². The fourth-order valence-electron chi connectivity index (χ4n) is 3.68. The molecule has 2 aromatic heterocycles. The number of carbonyl (C=O) groups is 1. The van der Waals surface area contributed by atoms with E-state index < -0.39 is 6.10 Å². The van der Waals surface area contributed by atoms with Gasteiger partial charge in [-0.1, -0.05) is 22.9 Å². The molecule has 4 rings (SSSR count). The maximum absolute atomic E-state index is 12.7. The summed E-state index contributed by atoms with van der Waals surface area (Å²) in [5.74, 6) is 0.658. The first-order valence-corrected chi connectivity index (χ1v) is 11.7. The molecule has 0 unspecified atom stereocenters. The third-order valence-electron chi connectivity index (χ3n) is 5.64. The second kappa shape index (κ2) is 9.58. The fraction of sp³-hybridized carbons (Fsp3) is 0.409. The number of urea groups is 1. The van der Waals surface area contributed by atoms with Crippen LogP contribution in [0, 0.1) is 13.8 Å².